The minimum Gasteiger partial charge on any atom is -0.395 e. The van der Waals surface area contributed by atoms with Gasteiger partial charge in [0.1, 0.15) is 0 Å². The van der Waals surface area contributed by atoms with Crippen LogP contribution in [-0.4, -0.2) is 71.7 Å². The molecule has 0 unspecified atom stereocenters. The molecule has 1 aromatic rings. The number of aromatic nitrogens is 1. The summed E-state index contributed by atoms with van der Waals surface area (Å²) >= 11 is 0. The number of carbonyl (C=O) groups is 1. The van der Waals surface area contributed by atoms with Gasteiger partial charge in [-0.1, -0.05) is 0 Å². The zero-order valence-electron chi connectivity index (χ0n) is 14.4. The molecule has 0 atom stereocenters. The highest BCUT2D eigenvalue weighted by molar-refractivity contribution is 5.93. The lowest BCUT2D eigenvalue weighted by Gasteiger charge is -2.33. The van der Waals surface area contributed by atoms with E-state index in [-0.39, 0.29) is 30.2 Å². The average Bonchev–Trinajstić information content (AvgIpc) is 2.51. The summed E-state index contributed by atoms with van der Waals surface area (Å²) in [6.45, 7) is 6.32. The van der Waals surface area contributed by atoms with Crippen LogP contribution in [0.1, 0.15) is 17.0 Å². The van der Waals surface area contributed by atoms with E-state index in [1.165, 1.54) is 13.8 Å². The molecule has 0 saturated carbocycles. The Morgan fingerprint density at radius 2 is 1.84 bits per heavy atom. The summed E-state index contributed by atoms with van der Waals surface area (Å²) in [5, 5.41) is 11.3. The summed E-state index contributed by atoms with van der Waals surface area (Å²) in [5.41, 5.74) is -0.753. The van der Waals surface area contributed by atoms with Crippen LogP contribution in [0.5, 0.6) is 0 Å². The molecule has 0 radical (unpaired) electrons. The molecule has 1 saturated heterocycles. The molecule has 2 N–H and O–H groups in total. The number of hydrogen-bond acceptors (Lipinski definition) is 5. The number of nitrogens with zero attached hydrogens (tertiary/aromatic N) is 3. The van der Waals surface area contributed by atoms with Crippen molar-refractivity contribution in [3.63, 3.8) is 0 Å². The maximum atomic E-state index is 13.2. The molecule has 9 heteroatoms. The smallest absolute Gasteiger partial charge is 0.395 e. The van der Waals surface area contributed by atoms with E-state index in [1.54, 1.807) is 0 Å². The molecule has 1 fully saturated rings. The number of nitrogens with one attached hydrogen (secondary N) is 1. The number of β-amino-alcohol motifs (C(OH)–C–C–N with tert-alkyl or cyclic N) is 1. The number of alkyl halides is 3. The Bertz CT molecular complexity index is 614. The predicted octanol–water partition coefficient (Wildman–Crippen LogP) is 1.27. The minimum absolute atomic E-state index is 0.0254. The number of hydrogen-bond donors (Lipinski definition) is 2. The van der Waals surface area contributed by atoms with Gasteiger partial charge in [-0.3, -0.25) is 19.6 Å². The molecule has 6 nitrogen and oxygen atoms in total. The van der Waals surface area contributed by atoms with Gasteiger partial charge in [0, 0.05) is 38.4 Å². The Labute approximate surface area is 144 Å². The maximum Gasteiger partial charge on any atom is 0.418 e. The summed E-state index contributed by atoms with van der Waals surface area (Å²) in [4.78, 5) is 20.2. The van der Waals surface area contributed by atoms with Crippen molar-refractivity contribution in [1.29, 1.82) is 0 Å². The number of aliphatic hydroxyl groups is 1. The standard InChI is InChI=1S/C16H23F3N4O2/c1-11-9-13(16(17,18)19)15(12(2)20-11)21-14(25)10-23-5-3-22(4-6-23)7-8-24/h9,24H,3-8,10H2,1-2H3,(H,21,25). The van der Waals surface area contributed by atoms with Crippen molar-refractivity contribution in [3.05, 3.63) is 23.0 Å². The molecule has 0 bridgehead atoms. The van der Waals surface area contributed by atoms with Crippen molar-refractivity contribution in [2.75, 3.05) is 51.2 Å². The Morgan fingerprint density at radius 1 is 1.24 bits per heavy atom. The Morgan fingerprint density at radius 3 is 2.40 bits per heavy atom. The van der Waals surface area contributed by atoms with Gasteiger partial charge in [0.15, 0.2) is 0 Å². The number of halogens is 3. The Balaban J connectivity index is 2.02. The molecule has 1 aliphatic heterocycles. The van der Waals surface area contributed by atoms with Crippen molar-refractivity contribution in [1.82, 2.24) is 14.8 Å². The van der Waals surface area contributed by atoms with E-state index >= 15 is 0 Å². The molecule has 2 rings (SSSR count). The van der Waals surface area contributed by atoms with Crippen molar-refractivity contribution in [2.45, 2.75) is 20.0 Å². The molecule has 0 aliphatic carbocycles. The molecule has 0 spiro atoms. The van der Waals surface area contributed by atoms with Crippen molar-refractivity contribution in [2.24, 2.45) is 0 Å². The summed E-state index contributed by atoms with van der Waals surface area (Å²) in [7, 11) is 0. The van der Waals surface area contributed by atoms with Crippen molar-refractivity contribution >= 4 is 11.6 Å². The SMILES string of the molecule is Cc1cc(C(F)(F)F)c(NC(=O)CN2CCN(CCO)CC2)c(C)n1. The molecule has 1 aliphatic rings. The second-order valence-corrected chi connectivity index (χ2v) is 6.16. The molecule has 140 valence electrons. The lowest BCUT2D eigenvalue weighted by Crippen LogP contribution is -2.49. The molecular weight excluding hydrogens is 337 g/mol. The van der Waals surface area contributed by atoms with E-state index in [1.807, 2.05) is 4.90 Å². The number of piperazine rings is 1. The first kappa shape index (κ1) is 19.6. The Hall–Kier alpha value is -1.71. The van der Waals surface area contributed by atoms with E-state index in [9.17, 15) is 18.0 Å². The van der Waals surface area contributed by atoms with Crippen LogP contribution < -0.4 is 5.32 Å². The van der Waals surface area contributed by atoms with Gasteiger partial charge >= 0.3 is 6.18 Å². The topological polar surface area (TPSA) is 68.7 Å². The van der Waals surface area contributed by atoms with Crippen LogP contribution in [0.3, 0.4) is 0 Å². The van der Waals surface area contributed by atoms with Crippen LogP contribution >= 0.6 is 0 Å². The van der Waals surface area contributed by atoms with Gasteiger partial charge in [-0.05, 0) is 19.9 Å². The van der Waals surface area contributed by atoms with Crippen LogP contribution in [-0.2, 0) is 11.0 Å². The number of anilines is 1. The fourth-order valence-electron chi connectivity index (χ4n) is 2.90. The zero-order chi connectivity index (χ0) is 18.6. The number of rotatable bonds is 5. The van der Waals surface area contributed by atoms with E-state index in [2.05, 4.69) is 15.2 Å². The van der Waals surface area contributed by atoms with E-state index < -0.39 is 17.6 Å². The first-order chi connectivity index (χ1) is 11.7. The van der Waals surface area contributed by atoms with Gasteiger partial charge in [0.2, 0.25) is 5.91 Å². The second-order valence-electron chi connectivity index (χ2n) is 6.16. The molecule has 25 heavy (non-hydrogen) atoms. The number of aryl methyl sites for hydroxylation is 2. The molecule has 1 aromatic heterocycles. The van der Waals surface area contributed by atoms with Gasteiger partial charge in [0.05, 0.1) is 30.1 Å². The fourth-order valence-corrected chi connectivity index (χ4v) is 2.90. The lowest BCUT2D eigenvalue weighted by molar-refractivity contribution is -0.137. The number of amides is 1. The van der Waals surface area contributed by atoms with Gasteiger partial charge in [0.25, 0.3) is 0 Å². The largest absolute Gasteiger partial charge is 0.418 e. The van der Waals surface area contributed by atoms with Crippen LogP contribution in [0.2, 0.25) is 0 Å². The molecule has 2 heterocycles. The fraction of sp³-hybridized carbons (Fsp3) is 0.625. The lowest BCUT2D eigenvalue weighted by atomic mass is 10.1. The summed E-state index contributed by atoms with van der Waals surface area (Å²) in [6, 6.07) is 0.941. The zero-order valence-corrected chi connectivity index (χ0v) is 14.4. The van der Waals surface area contributed by atoms with E-state index in [0.717, 1.165) is 6.07 Å². The van der Waals surface area contributed by atoms with E-state index in [4.69, 9.17) is 5.11 Å². The quantitative estimate of drug-likeness (QED) is 0.828. The third-order valence-corrected chi connectivity index (χ3v) is 4.15. The maximum absolute atomic E-state index is 13.2. The van der Waals surface area contributed by atoms with Gasteiger partial charge in [-0.25, -0.2) is 0 Å². The summed E-state index contributed by atoms with van der Waals surface area (Å²) < 4.78 is 39.7. The molecule has 1 amide bonds. The molecular formula is C16H23F3N4O2. The highest BCUT2D eigenvalue weighted by Gasteiger charge is 2.35. The first-order valence-corrected chi connectivity index (χ1v) is 8.11. The number of carbonyl (C=O) groups excluding carboxylic acids is 1. The highest BCUT2D eigenvalue weighted by Crippen LogP contribution is 2.36. The van der Waals surface area contributed by atoms with Gasteiger partial charge in [-0.2, -0.15) is 13.2 Å². The highest BCUT2D eigenvalue weighted by atomic mass is 19.4. The third kappa shape index (κ3) is 5.38. The number of aliphatic hydroxyl groups excluding tert-OH is 1. The summed E-state index contributed by atoms with van der Waals surface area (Å²) in [6.07, 6.45) is -4.56. The third-order valence-electron chi connectivity index (χ3n) is 4.15. The van der Waals surface area contributed by atoms with Gasteiger partial charge < -0.3 is 10.4 Å². The van der Waals surface area contributed by atoms with Crippen LogP contribution in [0.4, 0.5) is 18.9 Å². The minimum atomic E-state index is -4.56. The van der Waals surface area contributed by atoms with Gasteiger partial charge in [-0.15, -0.1) is 0 Å². The Kier molecular flexibility index (Phi) is 6.36. The van der Waals surface area contributed by atoms with Crippen LogP contribution in [0.25, 0.3) is 0 Å². The monoisotopic (exact) mass is 360 g/mol. The van der Waals surface area contributed by atoms with Crippen LogP contribution in [0, 0.1) is 13.8 Å². The second kappa shape index (κ2) is 8.11. The first-order valence-electron chi connectivity index (χ1n) is 8.11. The summed E-state index contributed by atoms with van der Waals surface area (Å²) in [5.74, 6) is -0.491. The normalized spacial score (nSPS) is 16.9. The average molecular weight is 360 g/mol. The number of pyridine rings is 1. The van der Waals surface area contributed by atoms with Crippen molar-refractivity contribution in [3.8, 4) is 0 Å². The van der Waals surface area contributed by atoms with Crippen molar-refractivity contribution < 1.29 is 23.1 Å². The van der Waals surface area contributed by atoms with Crippen LogP contribution in [0.15, 0.2) is 6.07 Å². The predicted molar refractivity (Wildman–Crippen MR) is 87.3 cm³/mol. The van der Waals surface area contributed by atoms with E-state index in [0.29, 0.717) is 32.7 Å². The molecule has 0 aromatic carbocycles.